The van der Waals surface area contributed by atoms with Gasteiger partial charge in [0.1, 0.15) is 24.4 Å². The Kier molecular flexibility index (Phi) is 7.71. The van der Waals surface area contributed by atoms with Crippen molar-refractivity contribution in [2.45, 2.75) is 108 Å². The lowest BCUT2D eigenvalue weighted by Crippen LogP contribution is -2.64. The summed E-state index contributed by atoms with van der Waals surface area (Å²) in [6.07, 6.45) is -1.44. The first-order valence-electron chi connectivity index (χ1n) is 11.5. The second-order valence-electron chi connectivity index (χ2n) is 10.2. The molecule has 0 radical (unpaired) electrons. The summed E-state index contributed by atoms with van der Waals surface area (Å²) < 4.78 is 18.0. The van der Waals surface area contributed by atoms with Crippen LogP contribution in [0.25, 0.3) is 0 Å². The van der Waals surface area contributed by atoms with Gasteiger partial charge in [-0.15, -0.1) is 0 Å². The molecule has 2 aliphatic heterocycles. The molecule has 3 rings (SSSR count). The third kappa shape index (κ3) is 5.19. The molecule has 9 heteroatoms. The van der Waals surface area contributed by atoms with Gasteiger partial charge in [-0.05, 0) is 59.0 Å². The summed E-state index contributed by atoms with van der Waals surface area (Å²) in [5.74, 6) is -0.172. The number of amides is 1. The highest BCUT2D eigenvalue weighted by atomic mass is 16.7. The van der Waals surface area contributed by atoms with Crippen LogP contribution in [0.2, 0.25) is 0 Å². The molecular formula is C23H39NO8. The van der Waals surface area contributed by atoms with E-state index in [1.54, 1.807) is 13.8 Å². The van der Waals surface area contributed by atoms with Gasteiger partial charge in [0.25, 0.3) is 0 Å². The van der Waals surface area contributed by atoms with E-state index < -0.39 is 42.9 Å². The normalized spacial score (nSPS) is 40.7. The van der Waals surface area contributed by atoms with Gasteiger partial charge >= 0.3 is 0 Å². The minimum absolute atomic E-state index is 0.196. The zero-order chi connectivity index (χ0) is 23.8. The molecule has 184 valence electrons. The Hall–Kier alpha value is -1.07. The van der Waals surface area contributed by atoms with Gasteiger partial charge in [-0.25, -0.2) is 0 Å². The van der Waals surface area contributed by atoms with Crippen molar-refractivity contribution in [3.8, 4) is 0 Å². The fourth-order valence-electron chi connectivity index (χ4n) is 5.34. The Morgan fingerprint density at radius 1 is 1.28 bits per heavy atom. The van der Waals surface area contributed by atoms with E-state index in [0.717, 1.165) is 31.3 Å². The third-order valence-corrected chi connectivity index (χ3v) is 7.33. The summed E-state index contributed by atoms with van der Waals surface area (Å²) >= 11 is 0. The molecule has 32 heavy (non-hydrogen) atoms. The van der Waals surface area contributed by atoms with Crippen LogP contribution in [0.1, 0.15) is 60.3 Å². The quantitative estimate of drug-likeness (QED) is 0.346. The molecule has 3 aliphatic rings. The van der Waals surface area contributed by atoms with E-state index in [9.17, 15) is 25.2 Å². The van der Waals surface area contributed by atoms with Gasteiger partial charge in [-0.1, -0.05) is 5.57 Å². The van der Waals surface area contributed by atoms with E-state index >= 15 is 0 Å². The van der Waals surface area contributed by atoms with Gasteiger partial charge in [0.15, 0.2) is 6.29 Å². The molecule has 5 N–H and O–H groups in total. The van der Waals surface area contributed by atoms with Crippen LogP contribution in [0.3, 0.4) is 0 Å². The van der Waals surface area contributed by atoms with Crippen molar-refractivity contribution in [1.82, 2.24) is 5.32 Å². The van der Waals surface area contributed by atoms with E-state index in [-0.39, 0.29) is 30.1 Å². The average molecular weight is 458 g/mol. The predicted octanol–water partition coefficient (Wildman–Crippen LogP) is 0.382. The number of carbonyl (C=O) groups excluding carboxylic acids is 1. The molecule has 9 nitrogen and oxygen atoms in total. The summed E-state index contributed by atoms with van der Waals surface area (Å²) in [7, 11) is 0. The second-order valence-corrected chi connectivity index (χ2v) is 10.2. The summed E-state index contributed by atoms with van der Waals surface area (Å²) in [5, 5.41) is 43.0. The van der Waals surface area contributed by atoms with Crippen LogP contribution in [0.4, 0.5) is 0 Å². The van der Waals surface area contributed by atoms with Crippen molar-refractivity contribution < 1.29 is 39.4 Å². The number of aliphatic hydroxyl groups is 4. The lowest BCUT2D eigenvalue weighted by atomic mass is 9.82. The minimum Gasteiger partial charge on any atom is -0.394 e. The van der Waals surface area contributed by atoms with Gasteiger partial charge in [0.05, 0.1) is 30.5 Å². The van der Waals surface area contributed by atoms with Crippen LogP contribution in [0, 0.1) is 5.92 Å². The molecule has 1 amide bonds. The topological polar surface area (TPSA) is 138 Å². The largest absolute Gasteiger partial charge is 0.394 e. The zero-order valence-corrected chi connectivity index (χ0v) is 19.7. The van der Waals surface area contributed by atoms with Gasteiger partial charge in [0.2, 0.25) is 5.91 Å². The molecule has 0 aromatic heterocycles. The van der Waals surface area contributed by atoms with Crippen molar-refractivity contribution in [2.24, 2.45) is 5.92 Å². The number of carbonyl (C=O) groups is 1. The van der Waals surface area contributed by atoms with Crippen molar-refractivity contribution in [1.29, 1.82) is 0 Å². The first kappa shape index (κ1) is 25.6. The van der Waals surface area contributed by atoms with Crippen molar-refractivity contribution >= 4 is 5.91 Å². The summed E-state index contributed by atoms with van der Waals surface area (Å²) in [5.41, 5.74) is 1.07. The first-order valence-corrected chi connectivity index (χ1v) is 11.5. The summed E-state index contributed by atoms with van der Waals surface area (Å²) in [6, 6.07) is -0.952. The second kappa shape index (κ2) is 9.66. The lowest BCUT2D eigenvalue weighted by Gasteiger charge is -2.42. The van der Waals surface area contributed by atoms with Crippen LogP contribution in [0.5, 0.6) is 0 Å². The Balaban J connectivity index is 1.68. The Morgan fingerprint density at radius 3 is 2.53 bits per heavy atom. The standard InChI is InChI=1S/C23H39NO8/c1-12-14(6-7-15(12)23(5)9-8-17(32-23)22(3,4)29)11-30-21-18(24-13(2)26)20(28)19(27)16(10-25)31-21/h15-21,25,27-29H,6-11H2,1-5H3,(H,24,26)/t15-,16-,17-,18-,19-,20-,21+,23-/m1/s1. The van der Waals surface area contributed by atoms with Crippen LogP contribution < -0.4 is 5.32 Å². The molecule has 2 saturated heterocycles. The molecular weight excluding hydrogens is 418 g/mol. The van der Waals surface area contributed by atoms with Gasteiger partial charge in [0, 0.05) is 12.8 Å². The fraction of sp³-hybridized carbons (Fsp3) is 0.870. The summed E-state index contributed by atoms with van der Waals surface area (Å²) in [4.78, 5) is 11.6. The van der Waals surface area contributed by atoms with Crippen LogP contribution >= 0.6 is 0 Å². The molecule has 0 bridgehead atoms. The monoisotopic (exact) mass is 457 g/mol. The fourth-order valence-corrected chi connectivity index (χ4v) is 5.34. The number of rotatable bonds is 7. The number of nitrogens with one attached hydrogen (secondary N) is 1. The van der Waals surface area contributed by atoms with Gasteiger partial charge in [-0.3, -0.25) is 4.79 Å². The first-order chi connectivity index (χ1) is 14.9. The van der Waals surface area contributed by atoms with Gasteiger partial charge < -0.3 is 40.0 Å². The Bertz CT molecular complexity index is 719. The maximum atomic E-state index is 11.6. The van der Waals surface area contributed by atoms with Crippen LogP contribution in [-0.2, 0) is 19.0 Å². The van der Waals surface area contributed by atoms with E-state index in [0.29, 0.717) is 0 Å². The van der Waals surface area contributed by atoms with Crippen molar-refractivity contribution in [2.75, 3.05) is 13.2 Å². The highest BCUT2D eigenvalue weighted by molar-refractivity contribution is 5.73. The number of ether oxygens (including phenoxy) is 3. The average Bonchev–Trinajstić information content (AvgIpc) is 3.28. The van der Waals surface area contributed by atoms with Crippen molar-refractivity contribution in [3.05, 3.63) is 11.1 Å². The number of aliphatic hydroxyl groups excluding tert-OH is 3. The maximum Gasteiger partial charge on any atom is 0.217 e. The molecule has 0 unspecified atom stereocenters. The molecule has 0 aromatic rings. The van der Waals surface area contributed by atoms with Gasteiger partial charge in [-0.2, -0.15) is 0 Å². The summed E-state index contributed by atoms with van der Waals surface area (Å²) in [6.45, 7) is 8.82. The Morgan fingerprint density at radius 2 is 1.97 bits per heavy atom. The molecule has 2 heterocycles. The van der Waals surface area contributed by atoms with Crippen LogP contribution in [-0.4, -0.2) is 87.5 Å². The van der Waals surface area contributed by atoms with E-state index in [4.69, 9.17) is 14.2 Å². The molecule has 0 saturated carbocycles. The smallest absolute Gasteiger partial charge is 0.217 e. The Labute approximate surface area is 189 Å². The predicted molar refractivity (Wildman–Crippen MR) is 116 cm³/mol. The third-order valence-electron chi connectivity index (χ3n) is 7.33. The van der Waals surface area contributed by atoms with E-state index in [2.05, 4.69) is 19.2 Å². The number of hydrogen-bond acceptors (Lipinski definition) is 8. The zero-order valence-electron chi connectivity index (χ0n) is 19.7. The SMILES string of the molecule is CC(=O)N[C@H]1[C@@H](OCC2=C(C)[C@H]([C@@]3(C)CC[C@H](C(C)(C)O)O3)CC2)O[C@H](CO)[C@@H](O)[C@@H]1O. The van der Waals surface area contributed by atoms with Crippen molar-refractivity contribution in [3.63, 3.8) is 0 Å². The highest BCUT2D eigenvalue weighted by Gasteiger charge is 2.49. The lowest BCUT2D eigenvalue weighted by molar-refractivity contribution is -0.267. The highest BCUT2D eigenvalue weighted by Crippen LogP contribution is 2.48. The van der Waals surface area contributed by atoms with E-state index in [1.165, 1.54) is 12.5 Å². The van der Waals surface area contributed by atoms with E-state index in [1.807, 2.05) is 0 Å². The molecule has 8 atom stereocenters. The minimum atomic E-state index is -1.34. The maximum absolute atomic E-state index is 11.6. The number of hydrogen-bond donors (Lipinski definition) is 5. The van der Waals surface area contributed by atoms with Crippen LogP contribution in [0.15, 0.2) is 11.1 Å². The molecule has 0 aromatic carbocycles. The molecule has 0 spiro atoms. The molecule has 2 fully saturated rings. The molecule has 1 aliphatic carbocycles.